The summed E-state index contributed by atoms with van der Waals surface area (Å²) in [4.78, 5) is 28.0. The normalized spacial score (nSPS) is 16.8. The number of amides is 1. The van der Waals surface area contributed by atoms with Gasteiger partial charge in [-0.05, 0) is 54.8 Å². The Morgan fingerprint density at radius 1 is 1.05 bits per heavy atom. The highest BCUT2D eigenvalue weighted by molar-refractivity contribution is 8.00. The second kappa shape index (κ2) is 10.6. The van der Waals surface area contributed by atoms with E-state index in [0.717, 1.165) is 16.7 Å². The Kier molecular flexibility index (Phi) is 7.25. The number of carbonyl (C=O) groups excluding carboxylic acids is 2. The summed E-state index contributed by atoms with van der Waals surface area (Å²) in [5, 5.41) is 30.6. The molecule has 1 aromatic heterocycles. The van der Waals surface area contributed by atoms with E-state index in [-0.39, 0.29) is 22.2 Å². The van der Waals surface area contributed by atoms with Gasteiger partial charge in [0, 0.05) is 16.3 Å². The van der Waals surface area contributed by atoms with Crippen LogP contribution in [0.15, 0.2) is 76.6 Å². The minimum Gasteiger partial charge on any atom is -0.508 e. The first-order chi connectivity index (χ1) is 18.2. The molecule has 1 unspecified atom stereocenters. The van der Waals surface area contributed by atoms with Crippen LogP contribution in [-0.4, -0.2) is 32.1 Å². The number of aliphatic hydroxyl groups is 1. The number of thioether (sulfide) groups is 1. The number of phenolic OH excluding ortho intramolecular Hbond substituents is 1. The Morgan fingerprint density at radius 2 is 1.79 bits per heavy atom. The third-order valence-corrected chi connectivity index (χ3v) is 8.69. The lowest BCUT2D eigenvalue weighted by molar-refractivity contribution is -0.132. The van der Waals surface area contributed by atoms with E-state index in [0.29, 0.717) is 26.2 Å². The van der Waals surface area contributed by atoms with Gasteiger partial charge in [-0.1, -0.05) is 82.7 Å². The van der Waals surface area contributed by atoms with Gasteiger partial charge in [0.2, 0.25) is 5.13 Å². The molecule has 4 aromatic rings. The van der Waals surface area contributed by atoms with Crippen molar-refractivity contribution in [1.82, 2.24) is 10.2 Å². The van der Waals surface area contributed by atoms with Crippen molar-refractivity contribution in [3.8, 4) is 5.75 Å². The summed E-state index contributed by atoms with van der Waals surface area (Å²) in [5.41, 5.74) is 3.56. The Bertz CT molecular complexity index is 1580. The Morgan fingerprint density at radius 3 is 2.53 bits per heavy atom. The Balaban J connectivity index is 1.57. The molecule has 1 atom stereocenters. The van der Waals surface area contributed by atoms with Gasteiger partial charge in [-0.15, -0.1) is 10.2 Å². The quantitative estimate of drug-likeness (QED) is 0.0915. The van der Waals surface area contributed by atoms with Crippen molar-refractivity contribution in [3.63, 3.8) is 0 Å². The lowest BCUT2D eigenvalue weighted by atomic mass is 9.93. The van der Waals surface area contributed by atoms with Crippen molar-refractivity contribution in [2.75, 3.05) is 4.90 Å². The third kappa shape index (κ3) is 4.92. The van der Waals surface area contributed by atoms with Gasteiger partial charge >= 0.3 is 5.91 Å². The Hall–Kier alpha value is -3.66. The molecule has 1 aliphatic heterocycles. The van der Waals surface area contributed by atoms with Crippen LogP contribution >= 0.6 is 34.7 Å². The van der Waals surface area contributed by atoms with Crippen LogP contribution in [0.3, 0.4) is 0 Å². The number of phenols is 1. The highest BCUT2D eigenvalue weighted by Crippen LogP contribution is 2.44. The van der Waals surface area contributed by atoms with Crippen molar-refractivity contribution in [2.45, 2.75) is 30.0 Å². The predicted molar refractivity (Wildman–Crippen MR) is 150 cm³/mol. The molecule has 10 heteroatoms. The fourth-order valence-corrected chi connectivity index (χ4v) is 6.40. The van der Waals surface area contributed by atoms with Crippen LogP contribution < -0.4 is 4.90 Å². The van der Waals surface area contributed by atoms with Gasteiger partial charge in [0.15, 0.2) is 4.34 Å². The molecular formula is C28H22ClN3O4S2. The molecule has 5 rings (SSSR count). The molecule has 38 heavy (non-hydrogen) atoms. The number of anilines is 1. The number of aliphatic hydroxyl groups excluding tert-OH is 1. The Labute approximate surface area is 232 Å². The van der Waals surface area contributed by atoms with Crippen LogP contribution in [0.2, 0.25) is 5.02 Å². The molecule has 1 aliphatic rings. The predicted octanol–water partition coefficient (Wildman–Crippen LogP) is 6.43. The van der Waals surface area contributed by atoms with E-state index in [1.165, 1.54) is 40.1 Å². The van der Waals surface area contributed by atoms with Crippen LogP contribution in [0.5, 0.6) is 5.75 Å². The lowest BCUT2D eigenvalue weighted by Gasteiger charge is -2.22. The van der Waals surface area contributed by atoms with Gasteiger partial charge in [0.1, 0.15) is 11.5 Å². The first kappa shape index (κ1) is 26.0. The van der Waals surface area contributed by atoms with Crippen LogP contribution in [0.25, 0.3) is 5.76 Å². The average molecular weight is 564 g/mol. The van der Waals surface area contributed by atoms with Crippen molar-refractivity contribution in [3.05, 3.63) is 105 Å². The smallest absolute Gasteiger partial charge is 0.301 e. The zero-order valence-corrected chi connectivity index (χ0v) is 22.8. The minimum absolute atomic E-state index is 0.0365. The third-order valence-electron chi connectivity index (χ3n) is 6.21. The first-order valence-corrected chi connectivity index (χ1v) is 13.8. The van der Waals surface area contributed by atoms with E-state index in [1.54, 1.807) is 18.2 Å². The molecule has 0 saturated carbocycles. The number of ketones is 1. The van der Waals surface area contributed by atoms with Crippen molar-refractivity contribution in [1.29, 1.82) is 0 Å². The maximum atomic E-state index is 13.4. The lowest BCUT2D eigenvalue weighted by Crippen LogP contribution is -2.29. The number of halogens is 1. The number of carbonyl (C=O) groups is 2. The molecule has 1 saturated heterocycles. The van der Waals surface area contributed by atoms with Crippen molar-refractivity contribution in [2.24, 2.45) is 0 Å². The summed E-state index contributed by atoms with van der Waals surface area (Å²) in [6.07, 6.45) is 0. The van der Waals surface area contributed by atoms with E-state index in [4.69, 9.17) is 11.6 Å². The van der Waals surface area contributed by atoms with Crippen LogP contribution in [0, 0.1) is 13.8 Å². The summed E-state index contributed by atoms with van der Waals surface area (Å²) >= 11 is 8.86. The van der Waals surface area contributed by atoms with E-state index < -0.39 is 17.7 Å². The number of aryl methyl sites for hydroxylation is 2. The number of benzene rings is 3. The molecule has 0 radical (unpaired) electrons. The average Bonchev–Trinajstić information content (AvgIpc) is 3.47. The van der Waals surface area contributed by atoms with E-state index >= 15 is 0 Å². The van der Waals surface area contributed by atoms with Crippen LogP contribution in [-0.2, 0) is 15.3 Å². The molecule has 192 valence electrons. The second-order valence-electron chi connectivity index (χ2n) is 8.81. The minimum atomic E-state index is -0.954. The van der Waals surface area contributed by atoms with Gasteiger partial charge < -0.3 is 10.2 Å². The molecule has 2 heterocycles. The highest BCUT2D eigenvalue weighted by Gasteiger charge is 2.48. The van der Waals surface area contributed by atoms with Crippen LogP contribution in [0.1, 0.15) is 33.9 Å². The summed E-state index contributed by atoms with van der Waals surface area (Å²) in [6.45, 7) is 3.71. The van der Waals surface area contributed by atoms with E-state index in [2.05, 4.69) is 10.2 Å². The molecule has 3 aromatic carbocycles. The fourth-order valence-electron chi connectivity index (χ4n) is 4.25. The van der Waals surface area contributed by atoms with Gasteiger partial charge in [-0.25, -0.2) is 0 Å². The maximum absolute atomic E-state index is 13.4. The van der Waals surface area contributed by atoms with Crippen LogP contribution in [0.4, 0.5) is 5.13 Å². The molecule has 7 nitrogen and oxygen atoms in total. The fraction of sp³-hybridized carbons (Fsp3) is 0.143. The topological polar surface area (TPSA) is 104 Å². The summed E-state index contributed by atoms with van der Waals surface area (Å²) in [7, 11) is 0. The van der Waals surface area contributed by atoms with Gasteiger partial charge in [-0.3, -0.25) is 14.5 Å². The molecule has 1 fully saturated rings. The molecule has 0 bridgehead atoms. The second-order valence-corrected chi connectivity index (χ2v) is 11.4. The number of rotatable bonds is 6. The zero-order chi connectivity index (χ0) is 27.0. The standard InChI is InChI=1S/C28H22ClN3O4S2/c1-15-7-8-16(2)20(13-15)24(34)22-23(17-9-11-19(33)12-10-17)32(26(36)25(22)35)27-30-31-28(38-27)37-14-18-5-3-4-6-21(18)29/h3-13,23,33-34H,14H2,1-2H3/b24-22+. The van der Waals surface area contributed by atoms with Crippen molar-refractivity contribution >= 4 is 57.3 Å². The molecule has 1 amide bonds. The number of Topliss-reactive ketones (excluding diaryl/α,β-unsaturated/α-hetero) is 1. The van der Waals surface area contributed by atoms with Gasteiger partial charge in [0.05, 0.1) is 11.6 Å². The molecule has 0 aliphatic carbocycles. The van der Waals surface area contributed by atoms with E-state index in [1.807, 2.05) is 50.2 Å². The monoisotopic (exact) mass is 563 g/mol. The number of hydrogen-bond acceptors (Lipinski definition) is 8. The zero-order valence-electron chi connectivity index (χ0n) is 20.4. The molecule has 2 N–H and O–H groups in total. The number of aromatic hydroxyl groups is 1. The molecular weight excluding hydrogens is 542 g/mol. The SMILES string of the molecule is Cc1ccc(C)c(/C(O)=C2\C(=O)C(=O)N(c3nnc(SCc4ccccc4Cl)s3)C2c2ccc(O)cc2)c1. The maximum Gasteiger partial charge on any atom is 0.301 e. The van der Waals surface area contributed by atoms with Crippen molar-refractivity contribution < 1.29 is 19.8 Å². The summed E-state index contributed by atoms with van der Waals surface area (Å²) in [6, 6.07) is 18.3. The number of hydrogen-bond donors (Lipinski definition) is 2. The first-order valence-electron chi connectivity index (χ1n) is 11.6. The number of aromatic nitrogens is 2. The van der Waals surface area contributed by atoms with E-state index in [9.17, 15) is 19.8 Å². The van der Waals surface area contributed by atoms with Gasteiger partial charge in [-0.2, -0.15) is 0 Å². The summed E-state index contributed by atoms with van der Waals surface area (Å²) in [5.74, 6) is -1.30. The molecule has 0 spiro atoms. The number of nitrogens with zero attached hydrogens (tertiary/aromatic N) is 3. The largest absolute Gasteiger partial charge is 0.508 e. The van der Waals surface area contributed by atoms with Gasteiger partial charge in [0.25, 0.3) is 5.78 Å². The highest BCUT2D eigenvalue weighted by atomic mass is 35.5. The summed E-state index contributed by atoms with van der Waals surface area (Å²) < 4.78 is 0.598.